The molecule has 0 bridgehead atoms. The van der Waals surface area contributed by atoms with Gasteiger partial charge in [0.2, 0.25) is 0 Å². The molecular formula is C22H28N2O3. The number of amides is 1. The van der Waals surface area contributed by atoms with Crippen molar-refractivity contribution in [2.24, 2.45) is 5.41 Å². The minimum absolute atomic E-state index is 0.0985. The molecule has 1 amide bonds. The van der Waals surface area contributed by atoms with Gasteiger partial charge in [-0.25, -0.2) is 0 Å². The van der Waals surface area contributed by atoms with Crippen LogP contribution in [-0.4, -0.2) is 55.0 Å². The van der Waals surface area contributed by atoms with Gasteiger partial charge in [0.1, 0.15) is 11.5 Å². The molecule has 0 aliphatic carbocycles. The van der Waals surface area contributed by atoms with Crippen molar-refractivity contribution < 1.29 is 13.9 Å². The third kappa shape index (κ3) is 3.66. The van der Waals surface area contributed by atoms with Crippen molar-refractivity contribution in [2.75, 3.05) is 33.3 Å². The highest BCUT2D eigenvalue weighted by atomic mass is 16.5. The number of benzene rings is 1. The molecule has 2 fully saturated rings. The Hall–Kier alpha value is -2.11. The van der Waals surface area contributed by atoms with Crippen molar-refractivity contribution in [1.82, 2.24) is 9.80 Å². The van der Waals surface area contributed by atoms with Crippen LogP contribution in [0, 0.1) is 19.3 Å². The molecule has 1 atom stereocenters. The summed E-state index contributed by atoms with van der Waals surface area (Å²) in [5.74, 6) is 1.61. The Morgan fingerprint density at radius 1 is 1.22 bits per heavy atom. The van der Waals surface area contributed by atoms with E-state index < -0.39 is 0 Å². The van der Waals surface area contributed by atoms with Gasteiger partial charge in [-0.3, -0.25) is 4.79 Å². The van der Waals surface area contributed by atoms with E-state index in [1.807, 2.05) is 43.0 Å². The van der Waals surface area contributed by atoms with E-state index in [0.717, 1.165) is 38.4 Å². The summed E-state index contributed by atoms with van der Waals surface area (Å²) >= 11 is 0. The van der Waals surface area contributed by atoms with Crippen molar-refractivity contribution in [3.8, 4) is 0 Å². The maximum atomic E-state index is 12.7. The summed E-state index contributed by atoms with van der Waals surface area (Å²) < 4.78 is 11.5. The minimum atomic E-state index is 0.0985. The van der Waals surface area contributed by atoms with Gasteiger partial charge < -0.3 is 19.0 Å². The second-order valence-corrected chi connectivity index (χ2v) is 8.26. The molecule has 5 nitrogen and oxygen atoms in total. The van der Waals surface area contributed by atoms with Gasteiger partial charge in [-0.05, 0) is 38.9 Å². The Labute approximate surface area is 160 Å². The lowest BCUT2D eigenvalue weighted by molar-refractivity contribution is 0.0108. The molecule has 27 heavy (non-hydrogen) atoms. The second kappa shape index (κ2) is 7.13. The quantitative estimate of drug-likeness (QED) is 0.813. The summed E-state index contributed by atoms with van der Waals surface area (Å²) in [5.41, 5.74) is 2.13. The van der Waals surface area contributed by atoms with Gasteiger partial charge in [0.25, 0.3) is 5.91 Å². The highest BCUT2D eigenvalue weighted by molar-refractivity contribution is 5.96. The second-order valence-electron chi connectivity index (χ2n) is 8.26. The van der Waals surface area contributed by atoms with Gasteiger partial charge in [-0.2, -0.15) is 0 Å². The molecule has 0 radical (unpaired) electrons. The fourth-order valence-electron chi connectivity index (χ4n) is 4.60. The SMILES string of the molecule is Cc1cc(C(=O)N2CC3(CC(COCc4ccccc4)N(C)C3)C2)c(C)o1. The zero-order valence-electron chi connectivity index (χ0n) is 16.4. The number of hydrogen-bond acceptors (Lipinski definition) is 4. The van der Waals surface area contributed by atoms with Crippen LogP contribution >= 0.6 is 0 Å². The van der Waals surface area contributed by atoms with E-state index >= 15 is 0 Å². The number of hydrogen-bond donors (Lipinski definition) is 0. The molecule has 1 aromatic heterocycles. The van der Waals surface area contributed by atoms with Gasteiger partial charge in [0.15, 0.2) is 0 Å². The lowest BCUT2D eigenvalue weighted by Gasteiger charge is -2.48. The Kier molecular flexibility index (Phi) is 4.82. The molecule has 5 heteroatoms. The van der Waals surface area contributed by atoms with Crippen molar-refractivity contribution in [3.63, 3.8) is 0 Å². The third-order valence-corrected chi connectivity index (χ3v) is 5.91. The van der Waals surface area contributed by atoms with Crippen molar-refractivity contribution >= 4 is 5.91 Å². The monoisotopic (exact) mass is 368 g/mol. The molecule has 1 aromatic carbocycles. The van der Waals surface area contributed by atoms with Crippen molar-refractivity contribution in [1.29, 1.82) is 0 Å². The molecule has 4 rings (SSSR count). The van der Waals surface area contributed by atoms with E-state index in [0.29, 0.717) is 24.0 Å². The van der Waals surface area contributed by atoms with Crippen molar-refractivity contribution in [3.05, 3.63) is 59.0 Å². The average Bonchev–Trinajstić information content (AvgIpc) is 3.13. The molecule has 0 N–H and O–H groups in total. The smallest absolute Gasteiger partial charge is 0.257 e. The number of furan rings is 1. The van der Waals surface area contributed by atoms with Crippen molar-refractivity contribution in [2.45, 2.75) is 32.9 Å². The van der Waals surface area contributed by atoms with Crippen LogP contribution in [-0.2, 0) is 11.3 Å². The number of likely N-dealkylation sites (N-methyl/N-ethyl adjacent to an activating group) is 1. The van der Waals surface area contributed by atoms with E-state index in [9.17, 15) is 4.79 Å². The molecule has 2 aliphatic heterocycles. The Bertz CT molecular complexity index is 808. The van der Waals surface area contributed by atoms with Crippen LogP contribution in [0.1, 0.15) is 33.9 Å². The van der Waals surface area contributed by atoms with Crippen LogP contribution in [0.2, 0.25) is 0 Å². The van der Waals surface area contributed by atoms with E-state index in [1.54, 1.807) is 0 Å². The zero-order chi connectivity index (χ0) is 19.0. The lowest BCUT2D eigenvalue weighted by Crippen LogP contribution is -2.59. The number of ether oxygens (including phenoxy) is 1. The predicted molar refractivity (Wildman–Crippen MR) is 104 cm³/mol. The van der Waals surface area contributed by atoms with E-state index in [1.165, 1.54) is 5.56 Å². The average molecular weight is 368 g/mol. The maximum Gasteiger partial charge on any atom is 0.257 e. The fourth-order valence-corrected chi connectivity index (χ4v) is 4.60. The van der Waals surface area contributed by atoms with Crippen LogP contribution in [0.5, 0.6) is 0 Å². The zero-order valence-corrected chi connectivity index (χ0v) is 16.4. The van der Waals surface area contributed by atoms with Gasteiger partial charge in [0, 0.05) is 31.1 Å². The summed E-state index contributed by atoms with van der Waals surface area (Å²) in [6.07, 6.45) is 1.09. The molecule has 0 saturated carbocycles. The number of carbonyl (C=O) groups excluding carboxylic acids is 1. The number of carbonyl (C=O) groups is 1. The molecule has 2 aliphatic rings. The van der Waals surface area contributed by atoms with Crippen LogP contribution in [0.3, 0.4) is 0 Å². The van der Waals surface area contributed by atoms with Crippen LogP contribution < -0.4 is 0 Å². The Morgan fingerprint density at radius 3 is 2.63 bits per heavy atom. The number of likely N-dealkylation sites (tertiary alicyclic amines) is 2. The summed E-state index contributed by atoms with van der Waals surface area (Å²) in [6.45, 7) is 7.82. The van der Waals surface area contributed by atoms with Crippen LogP contribution in [0.25, 0.3) is 0 Å². The highest BCUT2D eigenvalue weighted by Gasteiger charge is 2.52. The minimum Gasteiger partial charge on any atom is -0.466 e. The topological polar surface area (TPSA) is 45.9 Å². The van der Waals surface area contributed by atoms with Gasteiger partial charge in [0.05, 0.1) is 18.8 Å². The normalized spacial score (nSPS) is 21.6. The first-order valence-electron chi connectivity index (χ1n) is 9.64. The molecular weight excluding hydrogens is 340 g/mol. The molecule has 2 aromatic rings. The largest absolute Gasteiger partial charge is 0.466 e. The summed E-state index contributed by atoms with van der Waals surface area (Å²) in [5, 5.41) is 0. The number of aryl methyl sites for hydroxylation is 2. The van der Waals surface area contributed by atoms with E-state index in [2.05, 4.69) is 24.1 Å². The number of nitrogens with zero attached hydrogens (tertiary/aromatic N) is 2. The van der Waals surface area contributed by atoms with E-state index in [-0.39, 0.29) is 11.3 Å². The molecule has 2 saturated heterocycles. The Morgan fingerprint density at radius 2 is 1.96 bits per heavy atom. The first-order valence-corrected chi connectivity index (χ1v) is 9.64. The summed E-state index contributed by atoms with van der Waals surface area (Å²) in [4.78, 5) is 17.1. The predicted octanol–water partition coefficient (Wildman–Crippen LogP) is 3.26. The standard InChI is InChI=1S/C22H28N2O3/c1-16-9-20(17(2)27-16)21(25)24-14-22(15-24)10-19(23(3)13-22)12-26-11-18-7-5-4-6-8-18/h4-9,19H,10-15H2,1-3H3. The summed E-state index contributed by atoms with van der Waals surface area (Å²) in [7, 11) is 2.17. The first kappa shape index (κ1) is 18.3. The summed E-state index contributed by atoms with van der Waals surface area (Å²) in [6, 6.07) is 12.6. The Balaban J connectivity index is 1.29. The van der Waals surface area contributed by atoms with Gasteiger partial charge in [-0.1, -0.05) is 30.3 Å². The highest BCUT2D eigenvalue weighted by Crippen LogP contribution is 2.42. The maximum absolute atomic E-state index is 12.7. The van der Waals surface area contributed by atoms with Crippen LogP contribution in [0.15, 0.2) is 40.8 Å². The van der Waals surface area contributed by atoms with Gasteiger partial charge >= 0.3 is 0 Å². The van der Waals surface area contributed by atoms with E-state index in [4.69, 9.17) is 9.15 Å². The van der Waals surface area contributed by atoms with Gasteiger partial charge in [-0.15, -0.1) is 0 Å². The molecule has 1 spiro atoms. The first-order chi connectivity index (χ1) is 13.0. The lowest BCUT2D eigenvalue weighted by atomic mass is 9.77. The van der Waals surface area contributed by atoms with Crippen LogP contribution in [0.4, 0.5) is 0 Å². The molecule has 144 valence electrons. The third-order valence-electron chi connectivity index (χ3n) is 5.91. The fraction of sp³-hybridized carbons (Fsp3) is 0.500. The molecule has 1 unspecified atom stereocenters. The number of rotatable bonds is 5. The molecule has 3 heterocycles.